The minimum absolute atomic E-state index is 0.0262. The van der Waals surface area contributed by atoms with Gasteiger partial charge in [0.25, 0.3) is 0 Å². The number of nitrogens with zero attached hydrogens (tertiary/aromatic N) is 5. The second kappa shape index (κ2) is 9.87. The molecule has 10 heteroatoms. The summed E-state index contributed by atoms with van der Waals surface area (Å²) in [4.78, 5) is 35.8. The monoisotopic (exact) mass is 465 g/mol. The van der Waals surface area contributed by atoms with E-state index >= 15 is 0 Å². The molecular weight excluding hydrogens is 438 g/mol. The van der Waals surface area contributed by atoms with Crippen LogP contribution in [0.5, 0.6) is 17.2 Å². The van der Waals surface area contributed by atoms with Crippen LogP contribution in [0, 0.1) is 17.2 Å². The van der Waals surface area contributed by atoms with E-state index in [0.717, 1.165) is 5.82 Å². The van der Waals surface area contributed by atoms with Crippen molar-refractivity contribution in [2.24, 2.45) is 5.92 Å². The normalized spacial score (nSPS) is 18.0. The van der Waals surface area contributed by atoms with Crippen LogP contribution in [0.2, 0.25) is 0 Å². The Balaban J connectivity index is 1.42. The number of rotatable bonds is 6. The summed E-state index contributed by atoms with van der Waals surface area (Å²) in [6.07, 6.45) is 1.77. The molecule has 4 rings (SSSR count). The molecule has 0 spiro atoms. The van der Waals surface area contributed by atoms with Gasteiger partial charge in [0.2, 0.25) is 17.6 Å². The molecule has 0 N–H and O–H groups in total. The summed E-state index contributed by atoms with van der Waals surface area (Å²) >= 11 is 0. The van der Waals surface area contributed by atoms with Gasteiger partial charge in [0, 0.05) is 57.5 Å². The molecule has 1 atom stereocenters. The number of ether oxygens (including phenoxy) is 3. The average Bonchev–Trinajstić information content (AvgIpc) is 3.28. The van der Waals surface area contributed by atoms with E-state index in [0.29, 0.717) is 61.2 Å². The molecule has 2 aromatic rings. The van der Waals surface area contributed by atoms with Crippen LogP contribution in [0.15, 0.2) is 30.5 Å². The first-order valence-electron chi connectivity index (χ1n) is 11.0. The Bertz CT molecular complexity index is 1100. The van der Waals surface area contributed by atoms with Gasteiger partial charge in [0.15, 0.2) is 11.5 Å². The fourth-order valence-electron chi connectivity index (χ4n) is 4.42. The highest BCUT2D eigenvalue weighted by molar-refractivity contribution is 6.00. The Morgan fingerprint density at radius 3 is 2.32 bits per heavy atom. The van der Waals surface area contributed by atoms with Gasteiger partial charge in [-0.2, -0.15) is 5.26 Å². The maximum absolute atomic E-state index is 13.2. The van der Waals surface area contributed by atoms with Gasteiger partial charge in [-0.05, 0) is 12.1 Å². The number of benzene rings is 1. The van der Waals surface area contributed by atoms with E-state index in [2.05, 4.69) is 16.0 Å². The van der Waals surface area contributed by atoms with Crippen molar-refractivity contribution in [3.63, 3.8) is 0 Å². The van der Waals surface area contributed by atoms with Crippen LogP contribution in [-0.4, -0.2) is 75.8 Å². The third kappa shape index (κ3) is 4.41. The lowest BCUT2D eigenvalue weighted by atomic mass is 10.1. The molecule has 178 valence electrons. The molecule has 2 aliphatic heterocycles. The minimum atomic E-state index is -0.418. The van der Waals surface area contributed by atoms with E-state index in [9.17, 15) is 9.59 Å². The van der Waals surface area contributed by atoms with Crippen LogP contribution in [0.25, 0.3) is 0 Å². The zero-order chi connectivity index (χ0) is 24.2. The van der Waals surface area contributed by atoms with Crippen LogP contribution in [-0.2, 0) is 9.59 Å². The van der Waals surface area contributed by atoms with E-state index < -0.39 is 5.92 Å². The largest absolute Gasteiger partial charge is 0.493 e. The molecule has 34 heavy (non-hydrogen) atoms. The fraction of sp³-hybridized carbons (Fsp3) is 0.417. The van der Waals surface area contributed by atoms with Gasteiger partial charge in [-0.1, -0.05) is 0 Å². The number of anilines is 2. The lowest BCUT2D eigenvalue weighted by Gasteiger charge is -2.36. The van der Waals surface area contributed by atoms with E-state index in [-0.39, 0.29) is 18.2 Å². The molecule has 1 unspecified atom stereocenters. The van der Waals surface area contributed by atoms with Crippen molar-refractivity contribution < 1.29 is 23.8 Å². The van der Waals surface area contributed by atoms with Crippen LogP contribution < -0.4 is 24.0 Å². The predicted octanol–water partition coefficient (Wildman–Crippen LogP) is 1.68. The Morgan fingerprint density at radius 1 is 1.06 bits per heavy atom. The van der Waals surface area contributed by atoms with Crippen molar-refractivity contribution in [1.82, 2.24) is 9.88 Å². The van der Waals surface area contributed by atoms with E-state index in [1.807, 2.05) is 0 Å². The van der Waals surface area contributed by atoms with Crippen molar-refractivity contribution in [2.75, 3.05) is 63.9 Å². The lowest BCUT2D eigenvalue weighted by Crippen LogP contribution is -2.51. The first-order valence-corrected chi connectivity index (χ1v) is 11.0. The molecule has 0 bridgehead atoms. The van der Waals surface area contributed by atoms with Crippen LogP contribution in [0.4, 0.5) is 11.5 Å². The summed E-state index contributed by atoms with van der Waals surface area (Å²) in [5, 5.41) is 9.11. The average molecular weight is 466 g/mol. The van der Waals surface area contributed by atoms with E-state index in [4.69, 9.17) is 19.5 Å². The van der Waals surface area contributed by atoms with Crippen LogP contribution >= 0.6 is 0 Å². The highest BCUT2D eigenvalue weighted by atomic mass is 16.5. The molecule has 1 aromatic carbocycles. The highest BCUT2D eigenvalue weighted by Crippen LogP contribution is 2.42. The number of amides is 2. The van der Waals surface area contributed by atoms with Crippen molar-refractivity contribution in [2.45, 2.75) is 6.42 Å². The number of piperazine rings is 1. The predicted molar refractivity (Wildman–Crippen MR) is 124 cm³/mol. The summed E-state index contributed by atoms with van der Waals surface area (Å²) < 4.78 is 16.2. The number of carbonyl (C=O) groups is 2. The van der Waals surface area contributed by atoms with E-state index in [1.54, 1.807) is 40.3 Å². The highest BCUT2D eigenvalue weighted by Gasteiger charge is 2.38. The summed E-state index contributed by atoms with van der Waals surface area (Å²) in [6, 6.07) is 8.97. The van der Waals surface area contributed by atoms with Gasteiger partial charge in [-0.25, -0.2) is 4.98 Å². The summed E-state index contributed by atoms with van der Waals surface area (Å²) in [6.45, 7) is 2.59. The molecule has 1 aromatic heterocycles. The molecule has 2 aliphatic rings. The topological polar surface area (TPSA) is 108 Å². The zero-order valence-corrected chi connectivity index (χ0v) is 19.5. The van der Waals surface area contributed by atoms with Crippen molar-refractivity contribution in [1.29, 1.82) is 5.26 Å². The summed E-state index contributed by atoms with van der Waals surface area (Å²) in [5.41, 5.74) is 1.16. The number of methoxy groups -OCH3 is 3. The maximum atomic E-state index is 13.2. The molecule has 2 fully saturated rings. The molecule has 2 amide bonds. The summed E-state index contributed by atoms with van der Waals surface area (Å²) in [5.74, 6) is 1.51. The fourth-order valence-corrected chi connectivity index (χ4v) is 4.42. The molecule has 0 radical (unpaired) electrons. The third-order valence-corrected chi connectivity index (χ3v) is 6.23. The summed E-state index contributed by atoms with van der Waals surface area (Å²) in [7, 11) is 4.56. The second-order valence-electron chi connectivity index (χ2n) is 8.12. The third-order valence-electron chi connectivity index (χ3n) is 6.23. The van der Waals surface area contributed by atoms with Gasteiger partial charge in [-0.3, -0.25) is 9.59 Å². The standard InChI is InChI=1S/C24H27N5O5/c1-32-19-12-18(13-20(33-2)23(19)34-3)29-15-17(11-22(29)30)24(31)28-8-6-27(7-9-28)21-10-16(14-25)4-5-26-21/h4-5,10,12-13,17H,6-9,11,15H2,1-3H3. The van der Waals surface area contributed by atoms with Gasteiger partial charge in [0.1, 0.15) is 5.82 Å². The Labute approximate surface area is 198 Å². The smallest absolute Gasteiger partial charge is 0.228 e. The SMILES string of the molecule is COc1cc(N2CC(C(=O)N3CCN(c4cc(C#N)ccn4)CC3)CC2=O)cc(OC)c1OC. The first-order chi connectivity index (χ1) is 16.5. The number of aromatic nitrogens is 1. The van der Waals surface area contributed by atoms with Crippen LogP contribution in [0.3, 0.4) is 0 Å². The van der Waals surface area contributed by atoms with Gasteiger partial charge >= 0.3 is 0 Å². The number of pyridine rings is 1. The molecule has 3 heterocycles. The Kier molecular flexibility index (Phi) is 6.72. The molecule has 10 nitrogen and oxygen atoms in total. The number of nitriles is 1. The van der Waals surface area contributed by atoms with Gasteiger partial charge in [-0.15, -0.1) is 0 Å². The second-order valence-corrected chi connectivity index (χ2v) is 8.12. The number of carbonyl (C=O) groups excluding carboxylic acids is 2. The van der Waals surface area contributed by atoms with Crippen molar-refractivity contribution >= 4 is 23.3 Å². The number of hydrogen-bond donors (Lipinski definition) is 0. The first kappa shape index (κ1) is 23.2. The quantitative estimate of drug-likeness (QED) is 0.634. The van der Waals surface area contributed by atoms with Gasteiger partial charge in [0.05, 0.1) is 44.6 Å². The van der Waals surface area contributed by atoms with Crippen molar-refractivity contribution in [3.8, 4) is 23.3 Å². The Hall–Kier alpha value is -4.00. The lowest BCUT2D eigenvalue weighted by molar-refractivity contribution is -0.136. The minimum Gasteiger partial charge on any atom is -0.493 e. The molecule has 2 saturated heterocycles. The molecule has 0 saturated carbocycles. The maximum Gasteiger partial charge on any atom is 0.228 e. The van der Waals surface area contributed by atoms with Gasteiger partial charge < -0.3 is 28.9 Å². The zero-order valence-electron chi connectivity index (χ0n) is 19.5. The Morgan fingerprint density at radius 2 is 1.74 bits per heavy atom. The molecule has 0 aliphatic carbocycles. The van der Waals surface area contributed by atoms with Crippen molar-refractivity contribution in [3.05, 3.63) is 36.0 Å². The molecular formula is C24H27N5O5. The van der Waals surface area contributed by atoms with Crippen LogP contribution in [0.1, 0.15) is 12.0 Å². The van der Waals surface area contributed by atoms with E-state index in [1.165, 1.54) is 21.3 Å². The number of hydrogen-bond acceptors (Lipinski definition) is 8.